The van der Waals surface area contributed by atoms with Gasteiger partial charge in [-0.2, -0.15) is 0 Å². The molecule has 1 aromatic carbocycles. The maximum Gasteiger partial charge on any atom is 0.314 e. The number of carbonyl (C=O) groups is 1. The Bertz CT molecular complexity index is 491. The second kappa shape index (κ2) is 9.59. The minimum Gasteiger partial charge on any atom is -0.378 e. The Morgan fingerprint density at radius 3 is 2.55 bits per heavy atom. The zero-order valence-corrected chi connectivity index (χ0v) is 13.1. The molecule has 22 heavy (non-hydrogen) atoms. The van der Waals surface area contributed by atoms with E-state index in [1.807, 2.05) is 0 Å². The summed E-state index contributed by atoms with van der Waals surface area (Å²) in [5.74, 6) is 0.635. The first-order chi connectivity index (χ1) is 10.5. The number of carbonyl (C=O) groups excluding carboxylic acids is 1. The number of nitrogens with zero attached hydrogens (tertiary/aromatic N) is 1. The lowest BCUT2D eigenvalue weighted by atomic mass is 10.1. The van der Waals surface area contributed by atoms with E-state index in [0.29, 0.717) is 31.2 Å². The Labute approximate surface area is 130 Å². The van der Waals surface area contributed by atoms with E-state index in [9.17, 15) is 14.9 Å². The molecule has 0 spiro atoms. The van der Waals surface area contributed by atoms with Crippen LogP contribution in [0.15, 0.2) is 24.3 Å². The first-order valence-corrected chi connectivity index (χ1v) is 7.49. The summed E-state index contributed by atoms with van der Waals surface area (Å²) in [4.78, 5) is 21.9. The molecule has 0 saturated carbocycles. The average molecular weight is 308 g/mol. The first-order valence-electron chi connectivity index (χ1n) is 7.49. The standard InChI is InChI=1S/C15H24N4O3/c1-12(2)6-5-9-17-15(20)18-11-10-16-13-7-3-4-8-14(13)19(21)22/h3-4,7-8,12,16H,5-6,9-11H2,1-2H3,(H2,17,18,20). The van der Waals surface area contributed by atoms with Crippen LogP contribution >= 0.6 is 0 Å². The van der Waals surface area contributed by atoms with E-state index >= 15 is 0 Å². The highest BCUT2D eigenvalue weighted by molar-refractivity contribution is 5.73. The van der Waals surface area contributed by atoms with Gasteiger partial charge in [0.2, 0.25) is 0 Å². The maximum absolute atomic E-state index is 11.5. The third-order valence-electron chi connectivity index (χ3n) is 3.07. The van der Waals surface area contributed by atoms with Crippen molar-refractivity contribution in [3.63, 3.8) is 0 Å². The fourth-order valence-corrected chi connectivity index (χ4v) is 1.93. The minimum absolute atomic E-state index is 0.0284. The van der Waals surface area contributed by atoms with E-state index in [1.165, 1.54) is 6.07 Å². The second-order valence-corrected chi connectivity index (χ2v) is 5.42. The van der Waals surface area contributed by atoms with E-state index in [4.69, 9.17) is 0 Å². The van der Waals surface area contributed by atoms with Gasteiger partial charge in [-0.05, 0) is 24.8 Å². The number of nitro benzene ring substituents is 1. The quantitative estimate of drug-likeness (QED) is 0.371. The zero-order chi connectivity index (χ0) is 16.4. The number of hydrogen-bond acceptors (Lipinski definition) is 4. The second-order valence-electron chi connectivity index (χ2n) is 5.42. The monoisotopic (exact) mass is 308 g/mol. The van der Waals surface area contributed by atoms with E-state index in [1.54, 1.807) is 18.2 Å². The van der Waals surface area contributed by atoms with Gasteiger partial charge >= 0.3 is 6.03 Å². The molecule has 0 bridgehead atoms. The Hall–Kier alpha value is -2.31. The Kier molecular flexibility index (Phi) is 7.74. The predicted molar refractivity (Wildman–Crippen MR) is 87.1 cm³/mol. The molecule has 0 aromatic heterocycles. The van der Waals surface area contributed by atoms with Crippen LogP contribution in [0.3, 0.4) is 0 Å². The van der Waals surface area contributed by atoms with E-state index in [-0.39, 0.29) is 11.7 Å². The van der Waals surface area contributed by atoms with Crippen molar-refractivity contribution in [2.45, 2.75) is 26.7 Å². The number of rotatable bonds is 9. The highest BCUT2D eigenvalue weighted by Crippen LogP contribution is 2.22. The molecule has 0 fully saturated rings. The number of nitrogens with one attached hydrogen (secondary N) is 3. The van der Waals surface area contributed by atoms with E-state index in [0.717, 1.165) is 12.8 Å². The number of amides is 2. The van der Waals surface area contributed by atoms with Crippen LogP contribution in [0, 0.1) is 16.0 Å². The van der Waals surface area contributed by atoms with Crippen molar-refractivity contribution in [2.24, 2.45) is 5.92 Å². The number of para-hydroxylation sites is 2. The van der Waals surface area contributed by atoms with Crippen LogP contribution < -0.4 is 16.0 Å². The molecule has 0 saturated heterocycles. The van der Waals surface area contributed by atoms with Crippen LogP contribution in [0.1, 0.15) is 26.7 Å². The van der Waals surface area contributed by atoms with Gasteiger partial charge in [0, 0.05) is 25.7 Å². The minimum atomic E-state index is -0.433. The fraction of sp³-hybridized carbons (Fsp3) is 0.533. The van der Waals surface area contributed by atoms with Gasteiger partial charge in [-0.25, -0.2) is 4.79 Å². The molecule has 0 unspecified atom stereocenters. The molecule has 0 aliphatic heterocycles. The van der Waals surface area contributed by atoms with Crippen molar-refractivity contribution in [3.8, 4) is 0 Å². The molecule has 1 rings (SSSR count). The van der Waals surface area contributed by atoms with Gasteiger partial charge in [-0.1, -0.05) is 26.0 Å². The molecule has 0 heterocycles. The van der Waals surface area contributed by atoms with Gasteiger partial charge in [0.05, 0.1) is 4.92 Å². The summed E-state index contributed by atoms with van der Waals surface area (Å²) in [6.45, 7) is 5.76. The van der Waals surface area contributed by atoms with Gasteiger partial charge in [0.15, 0.2) is 0 Å². The smallest absolute Gasteiger partial charge is 0.314 e. The number of urea groups is 1. The molecule has 122 valence electrons. The van der Waals surface area contributed by atoms with Crippen LogP contribution in [0.2, 0.25) is 0 Å². The Morgan fingerprint density at radius 1 is 1.18 bits per heavy atom. The number of anilines is 1. The average Bonchev–Trinajstić information content (AvgIpc) is 2.48. The molecule has 7 heteroatoms. The predicted octanol–water partition coefficient (Wildman–Crippen LogP) is 2.74. The molecule has 0 radical (unpaired) electrons. The topological polar surface area (TPSA) is 96.3 Å². The van der Waals surface area contributed by atoms with Gasteiger partial charge in [-0.3, -0.25) is 10.1 Å². The van der Waals surface area contributed by atoms with Crippen molar-refractivity contribution in [3.05, 3.63) is 34.4 Å². The third-order valence-corrected chi connectivity index (χ3v) is 3.07. The number of nitro groups is 1. The molecule has 1 aromatic rings. The summed E-state index contributed by atoms with van der Waals surface area (Å²) in [6, 6.07) is 6.21. The highest BCUT2D eigenvalue weighted by Gasteiger charge is 2.11. The van der Waals surface area contributed by atoms with Gasteiger partial charge in [0.1, 0.15) is 5.69 Å². The normalized spacial score (nSPS) is 10.3. The zero-order valence-electron chi connectivity index (χ0n) is 13.1. The lowest BCUT2D eigenvalue weighted by molar-refractivity contribution is -0.384. The molecule has 0 aliphatic rings. The molecular weight excluding hydrogens is 284 g/mol. The van der Waals surface area contributed by atoms with Crippen LogP contribution in [0.25, 0.3) is 0 Å². The van der Waals surface area contributed by atoms with E-state index < -0.39 is 4.92 Å². The highest BCUT2D eigenvalue weighted by atomic mass is 16.6. The molecule has 7 nitrogen and oxygen atoms in total. The van der Waals surface area contributed by atoms with Gasteiger partial charge < -0.3 is 16.0 Å². The summed E-state index contributed by atoms with van der Waals surface area (Å²) in [5, 5.41) is 19.3. The van der Waals surface area contributed by atoms with Crippen LogP contribution in [-0.4, -0.2) is 30.6 Å². The fourth-order valence-electron chi connectivity index (χ4n) is 1.93. The summed E-state index contributed by atoms with van der Waals surface area (Å²) in [7, 11) is 0. The molecule has 0 aliphatic carbocycles. The third kappa shape index (κ3) is 6.92. The molecule has 0 atom stereocenters. The first kappa shape index (κ1) is 17.7. The SMILES string of the molecule is CC(C)CCCNC(=O)NCCNc1ccccc1[N+](=O)[O-]. The summed E-state index contributed by atoms with van der Waals surface area (Å²) >= 11 is 0. The summed E-state index contributed by atoms with van der Waals surface area (Å²) in [5.41, 5.74) is 0.479. The van der Waals surface area contributed by atoms with Crippen LogP contribution in [0.4, 0.5) is 16.2 Å². The van der Waals surface area contributed by atoms with E-state index in [2.05, 4.69) is 29.8 Å². The van der Waals surface area contributed by atoms with Crippen molar-refractivity contribution in [1.82, 2.24) is 10.6 Å². The summed E-state index contributed by atoms with van der Waals surface area (Å²) in [6.07, 6.45) is 2.04. The van der Waals surface area contributed by atoms with Gasteiger partial charge in [0.25, 0.3) is 5.69 Å². The lowest BCUT2D eigenvalue weighted by Crippen LogP contribution is -2.38. The van der Waals surface area contributed by atoms with Crippen molar-refractivity contribution < 1.29 is 9.72 Å². The van der Waals surface area contributed by atoms with Crippen LogP contribution in [0.5, 0.6) is 0 Å². The lowest BCUT2D eigenvalue weighted by Gasteiger charge is -2.10. The van der Waals surface area contributed by atoms with Crippen molar-refractivity contribution in [2.75, 3.05) is 25.0 Å². The van der Waals surface area contributed by atoms with Crippen LogP contribution in [-0.2, 0) is 0 Å². The maximum atomic E-state index is 11.5. The molecular formula is C15H24N4O3. The molecule has 3 N–H and O–H groups in total. The molecule has 2 amide bonds. The number of benzene rings is 1. The number of hydrogen-bond donors (Lipinski definition) is 3. The largest absolute Gasteiger partial charge is 0.378 e. The summed E-state index contributed by atoms with van der Waals surface area (Å²) < 4.78 is 0. The Balaban J connectivity index is 2.20. The Morgan fingerprint density at radius 2 is 1.86 bits per heavy atom. The van der Waals surface area contributed by atoms with Gasteiger partial charge in [-0.15, -0.1) is 0 Å². The van der Waals surface area contributed by atoms with Crippen molar-refractivity contribution >= 4 is 17.4 Å². The van der Waals surface area contributed by atoms with Crippen molar-refractivity contribution in [1.29, 1.82) is 0 Å².